The van der Waals surface area contributed by atoms with E-state index in [0.29, 0.717) is 25.2 Å². The molecule has 0 aromatic carbocycles. The molecule has 1 N–H and O–H groups in total. The molecule has 2 saturated carbocycles. The monoisotopic (exact) mass is 323 g/mol. The molecule has 130 valence electrons. The Hall–Kier alpha value is -1.23. The lowest BCUT2D eigenvalue weighted by molar-refractivity contribution is -0.524. The Morgan fingerprint density at radius 3 is 2.52 bits per heavy atom. The van der Waals surface area contributed by atoms with E-state index in [1.165, 1.54) is 0 Å². The zero-order chi connectivity index (χ0) is 17.5. The first-order valence-electron chi connectivity index (χ1n) is 8.60. The number of ketones is 1. The van der Waals surface area contributed by atoms with Crippen LogP contribution in [0.3, 0.4) is 0 Å². The van der Waals surface area contributed by atoms with Crippen LogP contribution in [0.4, 0.5) is 0 Å². The molecule has 0 radical (unpaired) electrons. The van der Waals surface area contributed by atoms with Gasteiger partial charge in [-0.25, -0.2) is 0 Å². The summed E-state index contributed by atoms with van der Waals surface area (Å²) in [7, 11) is 0. The number of aliphatic hydroxyl groups is 1. The van der Waals surface area contributed by atoms with Crippen LogP contribution in [0.2, 0.25) is 0 Å². The molecular weight excluding hydrogens is 294 g/mol. The molecule has 0 unspecified atom stereocenters. The molecule has 2 fully saturated rings. The highest BCUT2D eigenvalue weighted by Gasteiger charge is 2.70. The molecule has 2 aliphatic carbocycles. The van der Waals surface area contributed by atoms with Crippen LogP contribution >= 0.6 is 0 Å². The van der Waals surface area contributed by atoms with Crippen LogP contribution in [0.25, 0.3) is 0 Å². The largest absolute Gasteiger partial charge is 0.381 e. The molecular formula is C18H29NO4. The lowest BCUT2D eigenvalue weighted by atomic mass is 9.62. The number of carbonyl (C=O) groups is 1. The van der Waals surface area contributed by atoms with Crippen LogP contribution in [0.15, 0.2) is 12.7 Å². The van der Waals surface area contributed by atoms with Gasteiger partial charge in [-0.3, -0.25) is 14.9 Å². The Balaban J connectivity index is 2.06. The third-order valence-electron chi connectivity index (χ3n) is 7.06. The minimum absolute atomic E-state index is 0.0667. The van der Waals surface area contributed by atoms with E-state index in [9.17, 15) is 20.0 Å². The molecule has 5 heteroatoms. The van der Waals surface area contributed by atoms with Crippen LogP contribution in [-0.4, -0.2) is 27.5 Å². The van der Waals surface area contributed by atoms with E-state index in [0.717, 1.165) is 12.8 Å². The molecule has 4 atom stereocenters. The van der Waals surface area contributed by atoms with Gasteiger partial charge in [-0.15, -0.1) is 6.58 Å². The number of carbonyl (C=O) groups excluding carboxylic acids is 1. The molecule has 0 aliphatic heterocycles. The van der Waals surface area contributed by atoms with E-state index in [1.54, 1.807) is 6.08 Å². The fourth-order valence-electron chi connectivity index (χ4n) is 4.87. The third-order valence-corrected chi connectivity index (χ3v) is 7.06. The van der Waals surface area contributed by atoms with Crippen molar-refractivity contribution in [3.05, 3.63) is 22.8 Å². The topological polar surface area (TPSA) is 80.4 Å². The summed E-state index contributed by atoms with van der Waals surface area (Å²) in [4.78, 5) is 23.6. The standard InChI is InChI=1S/C18H29NO4/c1-5-6-7-14(19(22)23)8-9-15(20)18(21)12-13-10-11-17(18,4)16(13,2)3/h5,13-14,21H,1,6-12H2,2-4H3/t13-,14+,17-,18+/m1/s1. The molecule has 2 aliphatic rings. The number of nitrogens with zero attached hydrogens (tertiary/aromatic N) is 1. The van der Waals surface area contributed by atoms with Gasteiger partial charge in [-0.05, 0) is 37.0 Å². The van der Waals surface area contributed by atoms with Crippen LogP contribution in [0.1, 0.15) is 65.7 Å². The summed E-state index contributed by atoms with van der Waals surface area (Å²) in [5.74, 6) is 0.147. The van der Waals surface area contributed by atoms with Gasteiger partial charge >= 0.3 is 0 Å². The number of rotatable bonds is 8. The van der Waals surface area contributed by atoms with Gasteiger partial charge in [0.2, 0.25) is 6.04 Å². The van der Waals surface area contributed by atoms with Crippen LogP contribution in [0, 0.1) is 26.9 Å². The minimum Gasteiger partial charge on any atom is -0.381 e. The molecule has 5 nitrogen and oxygen atoms in total. The van der Waals surface area contributed by atoms with Gasteiger partial charge < -0.3 is 5.11 Å². The van der Waals surface area contributed by atoms with E-state index < -0.39 is 17.1 Å². The highest BCUT2D eigenvalue weighted by atomic mass is 16.6. The number of Topliss-reactive ketones (excluding diaryl/α,β-unsaturated/α-hetero) is 1. The van der Waals surface area contributed by atoms with Crippen molar-refractivity contribution in [3.8, 4) is 0 Å². The maximum atomic E-state index is 12.8. The molecule has 2 bridgehead atoms. The van der Waals surface area contributed by atoms with Gasteiger partial charge in [0.05, 0.1) is 0 Å². The lowest BCUT2D eigenvalue weighted by Crippen LogP contribution is -2.53. The Morgan fingerprint density at radius 1 is 1.43 bits per heavy atom. The van der Waals surface area contributed by atoms with Gasteiger partial charge in [-0.2, -0.15) is 0 Å². The first-order chi connectivity index (χ1) is 10.6. The average molecular weight is 323 g/mol. The fourth-order valence-corrected chi connectivity index (χ4v) is 4.87. The number of fused-ring (bicyclic) bond motifs is 2. The number of hydrogen-bond acceptors (Lipinski definition) is 4. The van der Waals surface area contributed by atoms with Gasteiger partial charge in [-0.1, -0.05) is 26.8 Å². The van der Waals surface area contributed by atoms with Crippen LogP contribution < -0.4 is 0 Å². The van der Waals surface area contributed by atoms with Gasteiger partial charge in [0.25, 0.3) is 0 Å². The highest BCUT2D eigenvalue weighted by Crippen LogP contribution is 2.69. The molecule has 23 heavy (non-hydrogen) atoms. The Morgan fingerprint density at radius 2 is 2.09 bits per heavy atom. The van der Waals surface area contributed by atoms with Crippen LogP contribution in [0.5, 0.6) is 0 Å². The number of nitro groups is 1. The van der Waals surface area contributed by atoms with Crippen molar-refractivity contribution in [2.75, 3.05) is 0 Å². The van der Waals surface area contributed by atoms with Crippen molar-refractivity contribution in [2.45, 2.75) is 77.4 Å². The molecule has 2 rings (SSSR count). The summed E-state index contributed by atoms with van der Waals surface area (Å²) >= 11 is 0. The van der Waals surface area contributed by atoms with E-state index in [2.05, 4.69) is 20.4 Å². The smallest absolute Gasteiger partial charge is 0.213 e. The number of allylic oxidation sites excluding steroid dienone is 1. The fraction of sp³-hybridized carbons (Fsp3) is 0.833. The van der Waals surface area contributed by atoms with Crippen molar-refractivity contribution in [2.24, 2.45) is 16.7 Å². The third kappa shape index (κ3) is 2.63. The molecule has 0 aromatic heterocycles. The Bertz CT molecular complexity index is 515. The first kappa shape index (κ1) is 18.1. The Kier molecular flexibility index (Phi) is 4.73. The van der Waals surface area contributed by atoms with Gasteiger partial charge in [0, 0.05) is 29.6 Å². The Labute approximate surface area is 138 Å². The molecule has 0 saturated heterocycles. The average Bonchev–Trinajstić information content (AvgIpc) is 2.78. The van der Waals surface area contributed by atoms with Crippen molar-refractivity contribution >= 4 is 5.78 Å². The second-order valence-corrected chi connectivity index (χ2v) is 8.12. The lowest BCUT2D eigenvalue weighted by Gasteiger charge is -2.44. The normalized spacial score (nSPS) is 35.9. The second-order valence-electron chi connectivity index (χ2n) is 8.12. The van der Waals surface area contributed by atoms with Crippen molar-refractivity contribution < 1.29 is 14.8 Å². The predicted octanol–water partition coefficient (Wildman–Crippen LogP) is 3.52. The molecule has 0 heterocycles. The predicted molar refractivity (Wildman–Crippen MR) is 88.6 cm³/mol. The van der Waals surface area contributed by atoms with E-state index in [1.807, 2.05) is 6.92 Å². The van der Waals surface area contributed by atoms with Crippen molar-refractivity contribution in [3.63, 3.8) is 0 Å². The van der Waals surface area contributed by atoms with Gasteiger partial charge in [0.1, 0.15) is 5.60 Å². The minimum atomic E-state index is -1.32. The summed E-state index contributed by atoms with van der Waals surface area (Å²) in [5, 5.41) is 22.2. The SMILES string of the molecule is C=CCC[C@@H](CCC(=O)[C@@]1(O)C[C@H]2CC[C@]1(C)C2(C)C)[N+](=O)[O-]. The second kappa shape index (κ2) is 6.00. The van der Waals surface area contributed by atoms with Crippen molar-refractivity contribution in [1.29, 1.82) is 0 Å². The van der Waals surface area contributed by atoms with Crippen molar-refractivity contribution in [1.82, 2.24) is 0 Å². The summed E-state index contributed by atoms with van der Waals surface area (Å²) in [6.45, 7) is 9.87. The summed E-state index contributed by atoms with van der Waals surface area (Å²) < 4.78 is 0. The maximum Gasteiger partial charge on any atom is 0.213 e. The molecule has 0 aromatic rings. The van der Waals surface area contributed by atoms with Gasteiger partial charge in [0.15, 0.2) is 5.78 Å². The quantitative estimate of drug-likeness (QED) is 0.421. The van der Waals surface area contributed by atoms with E-state index in [-0.39, 0.29) is 29.0 Å². The zero-order valence-electron chi connectivity index (χ0n) is 14.5. The molecule has 0 spiro atoms. The summed E-state index contributed by atoms with van der Waals surface area (Å²) in [6.07, 6.45) is 5.31. The zero-order valence-corrected chi connectivity index (χ0v) is 14.5. The maximum absolute atomic E-state index is 12.8. The summed E-state index contributed by atoms with van der Waals surface area (Å²) in [6, 6.07) is -0.736. The molecule has 0 amide bonds. The first-order valence-corrected chi connectivity index (χ1v) is 8.60. The highest BCUT2D eigenvalue weighted by molar-refractivity contribution is 5.89. The van der Waals surface area contributed by atoms with Crippen LogP contribution in [-0.2, 0) is 4.79 Å². The number of hydrogen-bond donors (Lipinski definition) is 1. The van der Waals surface area contributed by atoms with E-state index >= 15 is 0 Å². The summed E-state index contributed by atoms with van der Waals surface area (Å²) in [5.41, 5.74) is -1.81. The van der Waals surface area contributed by atoms with E-state index in [4.69, 9.17) is 0 Å².